The molecule has 0 aromatic heterocycles. The van der Waals surface area contributed by atoms with Crippen LogP contribution in [0.5, 0.6) is 0 Å². The van der Waals surface area contributed by atoms with E-state index in [1.54, 1.807) is 0 Å². The van der Waals surface area contributed by atoms with E-state index in [2.05, 4.69) is 11.5 Å². The fraction of sp³-hybridized carbons (Fsp3) is 0. The molecule has 0 rings (SSSR count). The maximum atomic E-state index is 6.06. The third-order valence-corrected chi connectivity index (χ3v) is 0. The predicted octanol–water partition coefficient (Wildman–Crippen LogP) is -1.16. The van der Waals surface area contributed by atoms with Gasteiger partial charge >= 0.3 is 0 Å². The SMILES string of the molecule is N=C(N)N.[Nb]. The quantitative estimate of drug-likeness (QED) is 0.232. The first-order valence-electron chi connectivity index (χ1n) is 0.827. The van der Waals surface area contributed by atoms with Gasteiger partial charge in [0.1, 0.15) is 0 Å². The van der Waals surface area contributed by atoms with E-state index >= 15 is 0 Å². The summed E-state index contributed by atoms with van der Waals surface area (Å²) in [5.41, 5.74) is 8.94. The first-order valence-corrected chi connectivity index (χ1v) is 0.827. The second kappa shape index (κ2) is 4.01. The summed E-state index contributed by atoms with van der Waals surface area (Å²) in [7, 11) is 0. The molecule has 0 aliphatic rings. The zero-order valence-corrected chi connectivity index (χ0v) is 4.80. The van der Waals surface area contributed by atoms with Crippen LogP contribution < -0.4 is 11.5 Å². The number of hydrogen-bond acceptors (Lipinski definition) is 1. The molecular formula is CH5N3Nb. The van der Waals surface area contributed by atoms with Crippen LogP contribution in [0.15, 0.2) is 0 Å². The molecule has 0 saturated carbocycles. The molecule has 5 N–H and O–H groups in total. The Bertz CT molecular complexity index is 29.9. The Hall–Kier alpha value is 0.0103. The number of nitrogens with one attached hydrogen (secondary N) is 1. The van der Waals surface area contributed by atoms with E-state index in [0.717, 1.165) is 0 Å². The minimum atomic E-state index is -0.333. The van der Waals surface area contributed by atoms with E-state index in [1.807, 2.05) is 0 Å². The second-order valence-electron chi connectivity index (χ2n) is 0.455. The van der Waals surface area contributed by atoms with Gasteiger partial charge < -0.3 is 11.5 Å². The van der Waals surface area contributed by atoms with Crippen LogP contribution in [0.1, 0.15) is 0 Å². The Morgan fingerprint density at radius 1 is 1.40 bits per heavy atom. The fourth-order valence-corrected chi connectivity index (χ4v) is 0. The van der Waals surface area contributed by atoms with E-state index < -0.39 is 0 Å². The largest absolute Gasteiger partial charge is 0.370 e. The van der Waals surface area contributed by atoms with E-state index in [4.69, 9.17) is 5.41 Å². The van der Waals surface area contributed by atoms with Crippen molar-refractivity contribution >= 4 is 5.96 Å². The molecule has 0 fully saturated rings. The summed E-state index contributed by atoms with van der Waals surface area (Å²) < 4.78 is 0. The van der Waals surface area contributed by atoms with Crippen molar-refractivity contribution in [3.63, 3.8) is 0 Å². The van der Waals surface area contributed by atoms with Crippen molar-refractivity contribution in [1.82, 2.24) is 0 Å². The summed E-state index contributed by atoms with van der Waals surface area (Å²) in [6.45, 7) is 0. The van der Waals surface area contributed by atoms with Gasteiger partial charge in [0, 0.05) is 22.4 Å². The number of hydrogen-bond donors (Lipinski definition) is 3. The summed E-state index contributed by atoms with van der Waals surface area (Å²) in [6.07, 6.45) is 0. The van der Waals surface area contributed by atoms with E-state index in [0.29, 0.717) is 0 Å². The Balaban J connectivity index is 0. The Morgan fingerprint density at radius 3 is 1.40 bits per heavy atom. The van der Waals surface area contributed by atoms with Crippen LogP contribution in [-0.4, -0.2) is 5.96 Å². The van der Waals surface area contributed by atoms with Gasteiger partial charge in [-0.05, 0) is 0 Å². The third-order valence-electron chi connectivity index (χ3n) is 0. The zero-order chi connectivity index (χ0) is 3.58. The average molecular weight is 152 g/mol. The Kier molecular flexibility index (Phi) is 7.13. The fourth-order valence-electron chi connectivity index (χ4n) is 0. The normalized spacial score (nSPS) is 4.80. The van der Waals surface area contributed by atoms with Crippen molar-refractivity contribution in [3.05, 3.63) is 0 Å². The van der Waals surface area contributed by atoms with Gasteiger partial charge in [0.25, 0.3) is 0 Å². The molecule has 3 nitrogen and oxygen atoms in total. The smallest absolute Gasteiger partial charge is 0.183 e. The molecule has 4 heteroatoms. The van der Waals surface area contributed by atoms with Gasteiger partial charge in [-0.3, -0.25) is 5.41 Å². The van der Waals surface area contributed by atoms with Gasteiger partial charge in [0.05, 0.1) is 0 Å². The Labute approximate surface area is 45.7 Å². The number of guanidine groups is 1. The van der Waals surface area contributed by atoms with Crippen LogP contribution in [0.4, 0.5) is 0 Å². The minimum Gasteiger partial charge on any atom is -0.370 e. The molecule has 0 atom stereocenters. The summed E-state index contributed by atoms with van der Waals surface area (Å²) in [6, 6.07) is 0. The second-order valence-corrected chi connectivity index (χ2v) is 0.455. The predicted molar refractivity (Wildman–Crippen MR) is 16.1 cm³/mol. The molecular weight excluding hydrogens is 147 g/mol. The van der Waals surface area contributed by atoms with Crippen LogP contribution in [0.25, 0.3) is 0 Å². The van der Waals surface area contributed by atoms with E-state index in [1.165, 1.54) is 0 Å². The number of rotatable bonds is 0. The summed E-state index contributed by atoms with van der Waals surface area (Å²) in [4.78, 5) is 0. The molecule has 1 radical (unpaired) electrons. The minimum absolute atomic E-state index is 0. The molecule has 0 spiro atoms. The van der Waals surface area contributed by atoms with Crippen molar-refractivity contribution in [2.45, 2.75) is 0 Å². The zero-order valence-electron chi connectivity index (χ0n) is 2.60. The van der Waals surface area contributed by atoms with Crippen LogP contribution in [0, 0.1) is 5.41 Å². The van der Waals surface area contributed by atoms with Crippen LogP contribution >= 0.6 is 0 Å². The third kappa shape index (κ3) is 154000. The summed E-state index contributed by atoms with van der Waals surface area (Å²) in [5.74, 6) is -0.333. The summed E-state index contributed by atoms with van der Waals surface area (Å²) in [5, 5.41) is 6.06. The van der Waals surface area contributed by atoms with Crippen LogP contribution in [0.3, 0.4) is 0 Å². The van der Waals surface area contributed by atoms with Gasteiger partial charge in [-0.15, -0.1) is 0 Å². The van der Waals surface area contributed by atoms with Crippen LogP contribution in [-0.2, 0) is 22.4 Å². The molecule has 0 unspecified atom stereocenters. The maximum absolute atomic E-state index is 6.06. The van der Waals surface area contributed by atoms with E-state index in [9.17, 15) is 0 Å². The molecule has 0 aromatic carbocycles. The van der Waals surface area contributed by atoms with Crippen molar-refractivity contribution in [3.8, 4) is 0 Å². The maximum Gasteiger partial charge on any atom is 0.183 e. The molecule has 29 valence electrons. The van der Waals surface area contributed by atoms with Crippen molar-refractivity contribution in [2.75, 3.05) is 0 Å². The topological polar surface area (TPSA) is 75.9 Å². The first-order chi connectivity index (χ1) is 1.73. The molecule has 0 heterocycles. The van der Waals surface area contributed by atoms with Crippen LogP contribution in [0.2, 0.25) is 0 Å². The van der Waals surface area contributed by atoms with Crippen molar-refractivity contribution < 1.29 is 22.4 Å². The first kappa shape index (κ1) is 8.89. The average Bonchev–Trinajstić information content (AvgIpc) is 0.811. The molecule has 0 amide bonds. The molecule has 0 saturated heterocycles. The summed E-state index contributed by atoms with van der Waals surface area (Å²) >= 11 is 0. The standard InChI is InChI=1S/CH5N3.Nb/c2-1(3)4;/h(H5,2,3,4);. The molecule has 0 bridgehead atoms. The molecule has 0 aliphatic carbocycles. The van der Waals surface area contributed by atoms with Gasteiger partial charge in [-0.25, -0.2) is 0 Å². The molecule has 5 heavy (non-hydrogen) atoms. The molecule has 0 aliphatic heterocycles. The van der Waals surface area contributed by atoms with Gasteiger partial charge in [0.2, 0.25) is 0 Å². The van der Waals surface area contributed by atoms with Crippen molar-refractivity contribution in [2.24, 2.45) is 11.5 Å². The van der Waals surface area contributed by atoms with E-state index in [-0.39, 0.29) is 28.3 Å². The monoisotopic (exact) mass is 152 g/mol. The van der Waals surface area contributed by atoms with Gasteiger partial charge in [-0.1, -0.05) is 0 Å². The number of nitrogens with two attached hydrogens (primary N) is 2. The Morgan fingerprint density at radius 2 is 1.40 bits per heavy atom. The van der Waals surface area contributed by atoms with Gasteiger partial charge in [0.15, 0.2) is 5.96 Å². The van der Waals surface area contributed by atoms with Gasteiger partial charge in [-0.2, -0.15) is 0 Å². The van der Waals surface area contributed by atoms with Crippen molar-refractivity contribution in [1.29, 1.82) is 5.41 Å². The molecule has 0 aromatic rings.